The van der Waals surface area contributed by atoms with Crippen LogP contribution < -0.4 is 24.2 Å². The highest BCUT2D eigenvalue weighted by Gasteiger charge is 2.68. The number of phenols is 1. The van der Waals surface area contributed by atoms with Crippen LogP contribution in [0, 0.1) is 36.0 Å². The fraction of sp³-hybridized carbons (Fsp3) is 0.300. The van der Waals surface area contributed by atoms with Crippen LogP contribution >= 0.6 is 22.9 Å². The Kier molecular flexibility index (Phi) is 10.4. The molecule has 2 aromatic heterocycles. The molecule has 1 N–H and O–H groups in total. The minimum absolute atomic E-state index is 0.120. The topological polar surface area (TPSA) is 159 Å². The van der Waals surface area contributed by atoms with E-state index in [9.17, 15) is 14.7 Å². The van der Waals surface area contributed by atoms with E-state index in [1.165, 1.54) is 24.0 Å². The summed E-state index contributed by atoms with van der Waals surface area (Å²) in [5, 5.41) is 26.2. The van der Waals surface area contributed by atoms with E-state index in [2.05, 4.69) is 10.2 Å². The van der Waals surface area contributed by atoms with Crippen LogP contribution in [0.2, 0.25) is 5.02 Å². The monoisotopic (exact) mass is 923 g/mol. The molecule has 2 aliphatic carbocycles. The first kappa shape index (κ1) is 43.1. The Hall–Kier alpha value is -6.84. The van der Waals surface area contributed by atoms with Crippen molar-refractivity contribution in [1.29, 1.82) is 0 Å². The van der Waals surface area contributed by atoms with Crippen molar-refractivity contribution in [3.05, 3.63) is 113 Å². The van der Waals surface area contributed by atoms with Crippen LogP contribution in [0.1, 0.15) is 36.8 Å². The molecule has 2 aliphatic heterocycles. The lowest BCUT2D eigenvalue weighted by Crippen LogP contribution is -2.49. The van der Waals surface area contributed by atoms with Gasteiger partial charge in [-0.15, -0.1) is 11.3 Å². The lowest BCUT2D eigenvalue weighted by Gasteiger charge is -2.49. The van der Waals surface area contributed by atoms with Crippen molar-refractivity contribution < 1.29 is 33.8 Å². The van der Waals surface area contributed by atoms with Gasteiger partial charge in [-0.05, 0) is 128 Å². The first-order valence-corrected chi connectivity index (χ1v) is 22.8. The van der Waals surface area contributed by atoms with Gasteiger partial charge < -0.3 is 19.5 Å². The van der Waals surface area contributed by atoms with Gasteiger partial charge in [0.2, 0.25) is 29.4 Å². The van der Waals surface area contributed by atoms with Gasteiger partial charge >= 0.3 is 0 Å². The van der Waals surface area contributed by atoms with Crippen molar-refractivity contribution >= 4 is 85.2 Å². The van der Waals surface area contributed by atoms with Crippen LogP contribution in [-0.2, 0) is 26.2 Å². The fourth-order valence-electron chi connectivity index (χ4n) is 10.8. The summed E-state index contributed by atoms with van der Waals surface area (Å²) in [6.07, 6.45) is 2.37. The van der Waals surface area contributed by atoms with Gasteiger partial charge in [-0.2, -0.15) is 15.3 Å². The number of rotatable bonds is 9. The number of methoxy groups -OCH3 is 2. The second-order valence-electron chi connectivity index (χ2n) is 17.8. The fourth-order valence-corrected chi connectivity index (χ4v) is 12.1. The highest BCUT2D eigenvalue weighted by molar-refractivity contribution is 7.22. The number of aromatic nitrogens is 2. The molecule has 16 heteroatoms. The molecule has 0 spiro atoms. The number of carbonyl (C=O) groups is 4. The number of aromatic hydroxyl groups is 1. The molecule has 6 aromatic rings. The molecule has 6 unspecified atom stereocenters. The third-order valence-electron chi connectivity index (χ3n) is 14.1. The summed E-state index contributed by atoms with van der Waals surface area (Å²) in [6.45, 7) is 3.81. The summed E-state index contributed by atoms with van der Waals surface area (Å²) in [7, 11) is 8.48. The van der Waals surface area contributed by atoms with Gasteiger partial charge in [0, 0.05) is 48.5 Å². The Morgan fingerprint density at radius 2 is 1.50 bits per heavy atom. The molecule has 6 atom stereocenters. The van der Waals surface area contributed by atoms with Gasteiger partial charge in [-0.25, -0.2) is 4.90 Å². The first-order valence-electron chi connectivity index (χ1n) is 21.6. The molecule has 4 heterocycles. The third-order valence-corrected chi connectivity index (χ3v) is 15.6. The molecule has 66 heavy (non-hydrogen) atoms. The number of benzene rings is 4. The van der Waals surface area contributed by atoms with E-state index in [1.807, 2.05) is 74.5 Å². The van der Waals surface area contributed by atoms with Crippen LogP contribution in [0.25, 0.3) is 20.7 Å². The Labute approximate surface area is 389 Å². The maximum absolute atomic E-state index is 15.4. The van der Waals surface area contributed by atoms with E-state index >= 15 is 9.59 Å². The van der Waals surface area contributed by atoms with E-state index in [-0.39, 0.29) is 41.9 Å². The average molecular weight is 924 g/mol. The lowest BCUT2D eigenvalue weighted by molar-refractivity contribution is -0.131. The standard InChI is InChI=1S/C50H46ClN7O7S/c1-25-34-22-27(51)8-19-40(34)66-45(25)37-24-41(56(5)54-37)58-47(61)36-23-35-32(43(50(36,2)49(58)63)26-20-38(64-6)44(59)39(21-26)65-7)17-18-33-42(35)48(62)57(46(33)60)31-15-11-29(12-16-31)53-52-28-9-13-30(14-10-28)55(3)4/h8-17,19-22,24,33,35-36,42-43,59H,18,23H2,1-7H3. The molecule has 3 fully saturated rings. The van der Waals surface area contributed by atoms with Crippen molar-refractivity contribution in [3.8, 4) is 27.8 Å². The zero-order valence-corrected chi connectivity index (χ0v) is 38.8. The SMILES string of the molecule is COc1cc(C2C3=CCC4C(=O)N(c5ccc(N=Nc6ccc(N(C)C)cc6)cc5)C(=O)C4C3CC3C(=O)N(c4cc(-c5sc6ccc(Cl)cc6c5C)nn4C)C(=O)C32C)cc(OC)c1O. The summed E-state index contributed by atoms with van der Waals surface area (Å²) in [4.78, 5) is 65.1. The maximum Gasteiger partial charge on any atom is 0.242 e. The van der Waals surface area contributed by atoms with Gasteiger partial charge in [0.25, 0.3) is 0 Å². The number of carbonyl (C=O) groups excluding carboxylic acids is 4. The quantitative estimate of drug-likeness (QED) is 0.0846. The predicted octanol–water partition coefficient (Wildman–Crippen LogP) is 9.90. The van der Waals surface area contributed by atoms with E-state index in [4.69, 9.17) is 26.2 Å². The summed E-state index contributed by atoms with van der Waals surface area (Å²) in [6, 6.07) is 25.3. The first-order chi connectivity index (χ1) is 31.6. The lowest BCUT2D eigenvalue weighted by atomic mass is 9.51. The van der Waals surface area contributed by atoms with Gasteiger partial charge in [0.05, 0.1) is 59.3 Å². The van der Waals surface area contributed by atoms with Crippen LogP contribution in [0.3, 0.4) is 0 Å². The molecule has 0 radical (unpaired) electrons. The Morgan fingerprint density at radius 3 is 2.14 bits per heavy atom. The van der Waals surface area contributed by atoms with Crippen molar-refractivity contribution in [3.63, 3.8) is 0 Å². The number of thiophene rings is 1. The normalized spacial score (nSPS) is 23.7. The van der Waals surface area contributed by atoms with Gasteiger partial charge in [-0.1, -0.05) is 23.3 Å². The summed E-state index contributed by atoms with van der Waals surface area (Å²) in [5.74, 6) is -4.99. The minimum Gasteiger partial charge on any atom is -0.502 e. The number of amides is 4. The van der Waals surface area contributed by atoms with Gasteiger partial charge in [0.15, 0.2) is 11.5 Å². The number of hydrogen-bond donors (Lipinski definition) is 1. The molecule has 2 saturated heterocycles. The van der Waals surface area contributed by atoms with Crippen molar-refractivity contribution in [2.45, 2.75) is 32.6 Å². The number of phenolic OH excluding ortho intramolecular Hbond substituents is 1. The summed E-state index contributed by atoms with van der Waals surface area (Å²) < 4.78 is 13.8. The highest BCUT2D eigenvalue weighted by atomic mass is 35.5. The Morgan fingerprint density at radius 1 is 0.848 bits per heavy atom. The van der Waals surface area contributed by atoms with Gasteiger partial charge in [0.1, 0.15) is 11.5 Å². The van der Waals surface area contributed by atoms with Crippen LogP contribution in [-0.4, -0.2) is 66.8 Å². The maximum atomic E-state index is 15.4. The molecule has 4 amide bonds. The van der Waals surface area contributed by atoms with E-state index in [1.54, 1.807) is 72.5 Å². The summed E-state index contributed by atoms with van der Waals surface area (Å²) >= 11 is 7.91. The Balaban J connectivity index is 1.02. The molecule has 336 valence electrons. The number of anilines is 3. The van der Waals surface area contributed by atoms with Crippen LogP contribution in [0.4, 0.5) is 28.6 Å². The molecular formula is C50H46ClN7O7S. The second-order valence-corrected chi connectivity index (χ2v) is 19.3. The molecule has 0 bridgehead atoms. The number of fused-ring (bicyclic) bond motifs is 5. The number of allylic oxidation sites excluding steroid dienone is 2. The number of imide groups is 2. The number of halogens is 1. The molecule has 4 aromatic carbocycles. The Bertz CT molecular complexity index is 3060. The van der Waals surface area contributed by atoms with Crippen LogP contribution in [0.5, 0.6) is 17.2 Å². The van der Waals surface area contributed by atoms with Gasteiger partial charge in [-0.3, -0.25) is 28.8 Å². The van der Waals surface area contributed by atoms with E-state index in [0.717, 1.165) is 31.8 Å². The smallest absolute Gasteiger partial charge is 0.242 e. The second kappa shape index (κ2) is 15.9. The number of ether oxygens (including phenoxy) is 2. The zero-order valence-electron chi connectivity index (χ0n) is 37.3. The number of nitrogens with zero attached hydrogens (tertiary/aromatic N) is 7. The average Bonchev–Trinajstić information content (AvgIpc) is 3.98. The summed E-state index contributed by atoms with van der Waals surface area (Å²) in [5.41, 5.74) is 4.21. The largest absolute Gasteiger partial charge is 0.502 e. The molecule has 10 rings (SSSR count). The molecule has 1 saturated carbocycles. The predicted molar refractivity (Wildman–Crippen MR) is 253 cm³/mol. The molecule has 14 nitrogen and oxygen atoms in total. The van der Waals surface area contributed by atoms with Crippen molar-refractivity contribution in [2.75, 3.05) is 43.0 Å². The van der Waals surface area contributed by atoms with E-state index < -0.39 is 46.8 Å². The minimum atomic E-state index is -1.38. The molecular weight excluding hydrogens is 878 g/mol. The molecule has 4 aliphatic rings. The third kappa shape index (κ3) is 6.53. The van der Waals surface area contributed by atoms with E-state index in [0.29, 0.717) is 39.2 Å². The van der Waals surface area contributed by atoms with Crippen LogP contribution in [0.15, 0.2) is 107 Å². The number of hydrogen-bond acceptors (Lipinski definition) is 12. The highest BCUT2D eigenvalue weighted by Crippen LogP contribution is 2.64. The van der Waals surface area contributed by atoms with Crippen molar-refractivity contribution in [2.24, 2.45) is 46.4 Å². The number of azo groups is 1. The zero-order chi connectivity index (χ0) is 46.5. The van der Waals surface area contributed by atoms with Crippen molar-refractivity contribution in [1.82, 2.24) is 9.78 Å². The number of aryl methyl sites for hydroxylation is 2.